The van der Waals surface area contributed by atoms with Crippen LogP contribution in [-0.4, -0.2) is 43.9 Å². The topological polar surface area (TPSA) is 104 Å². The summed E-state index contributed by atoms with van der Waals surface area (Å²) in [6.45, 7) is 3.53. The predicted octanol–water partition coefficient (Wildman–Crippen LogP) is 1.85. The van der Waals surface area contributed by atoms with E-state index in [0.717, 1.165) is 15.7 Å². The number of benzene rings is 2. The van der Waals surface area contributed by atoms with E-state index in [1.807, 2.05) is 32.0 Å². The summed E-state index contributed by atoms with van der Waals surface area (Å²) in [7, 11) is 0. The molecule has 160 valence electrons. The monoisotopic (exact) mass is 438 g/mol. The van der Waals surface area contributed by atoms with Crippen LogP contribution >= 0.6 is 11.8 Å². The molecule has 1 saturated heterocycles. The number of hydrogen-bond donors (Lipinski definition) is 2. The lowest BCUT2D eigenvalue weighted by Crippen LogP contribution is -2.48. The lowest BCUT2D eigenvalue weighted by molar-refractivity contribution is -0.136. The van der Waals surface area contributed by atoms with Crippen LogP contribution in [0.2, 0.25) is 0 Å². The highest BCUT2D eigenvalue weighted by Gasteiger charge is 2.35. The largest absolute Gasteiger partial charge is 0.329 e. The van der Waals surface area contributed by atoms with E-state index in [1.54, 1.807) is 24.3 Å². The highest BCUT2D eigenvalue weighted by atomic mass is 32.2. The number of thioether (sulfide) groups is 1. The van der Waals surface area contributed by atoms with Gasteiger partial charge in [-0.05, 0) is 49.2 Å². The van der Waals surface area contributed by atoms with Crippen molar-refractivity contribution in [1.29, 1.82) is 0 Å². The first kappa shape index (κ1) is 20.9. The van der Waals surface area contributed by atoms with Crippen molar-refractivity contribution in [3.63, 3.8) is 0 Å². The zero-order chi connectivity index (χ0) is 22.1. The van der Waals surface area contributed by atoms with Gasteiger partial charge in [0.2, 0.25) is 11.8 Å². The van der Waals surface area contributed by atoms with Gasteiger partial charge in [-0.15, -0.1) is 11.8 Å². The third kappa shape index (κ3) is 4.13. The number of aryl methyl sites for hydroxylation is 2. The Morgan fingerprint density at radius 2 is 1.90 bits per heavy atom. The second kappa shape index (κ2) is 8.43. The Hall–Kier alpha value is -3.33. The molecule has 1 aliphatic rings. The number of nitrogens with one attached hydrogen (secondary N) is 2. The van der Waals surface area contributed by atoms with Gasteiger partial charge in [0.05, 0.1) is 16.8 Å². The van der Waals surface area contributed by atoms with Gasteiger partial charge in [-0.1, -0.05) is 18.2 Å². The average molecular weight is 439 g/mol. The van der Waals surface area contributed by atoms with Crippen LogP contribution in [0.25, 0.3) is 10.9 Å². The number of fused-ring (bicyclic) bond motifs is 1. The summed E-state index contributed by atoms with van der Waals surface area (Å²) in [5.74, 6) is 0.0321. The molecule has 0 saturated carbocycles. The molecule has 3 aromatic rings. The molecule has 8 nitrogen and oxygen atoms in total. The maximum atomic E-state index is 12.9. The number of aromatic nitrogens is 2. The first-order valence-corrected chi connectivity index (χ1v) is 11.0. The van der Waals surface area contributed by atoms with Crippen LogP contribution in [0.15, 0.2) is 52.1 Å². The number of H-pyrrole nitrogens is 1. The summed E-state index contributed by atoms with van der Waals surface area (Å²) in [5, 5.41) is 3.19. The zero-order valence-electron chi connectivity index (χ0n) is 17.2. The van der Waals surface area contributed by atoms with Crippen molar-refractivity contribution in [2.75, 3.05) is 16.9 Å². The van der Waals surface area contributed by atoms with Crippen LogP contribution in [0.5, 0.6) is 0 Å². The predicted molar refractivity (Wildman–Crippen MR) is 121 cm³/mol. The van der Waals surface area contributed by atoms with Gasteiger partial charge in [0.1, 0.15) is 12.6 Å². The molecule has 0 bridgehead atoms. The standard InChI is InChI=1S/C22H22N4O4S/c1-13-7-8-15(9-14(13)2)23-20(28)18-11-31-12-26(18)19(27)10-25-21(29)16-5-3-4-6-17(16)24-22(25)30/h3-9,18H,10-12H2,1-2H3,(H,23,28)(H,24,30). The van der Waals surface area contributed by atoms with Gasteiger partial charge < -0.3 is 15.2 Å². The summed E-state index contributed by atoms with van der Waals surface area (Å²) in [6, 6.07) is 11.6. The van der Waals surface area contributed by atoms with Crippen molar-refractivity contribution in [1.82, 2.24) is 14.5 Å². The van der Waals surface area contributed by atoms with Crippen LogP contribution in [0, 0.1) is 13.8 Å². The lowest BCUT2D eigenvalue weighted by atomic mass is 10.1. The molecular formula is C22H22N4O4S. The molecule has 2 N–H and O–H groups in total. The molecule has 1 unspecified atom stereocenters. The number of para-hydroxylation sites is 1. The highest BCUT2D eigenvalue weighted by molar-refractivity contribution is 7.99. The van der Waals surface area contributed by atoms with Crippen molar-refractivity contribution in [3.8, 4) is 0 Å². The first-order chi connectivity index (χ1) is 14.8. The first-order valence-electron chi connectivity index (χ1n) is 9.82. The summed E-state index contributed by atoms with van der Waals surface area (Å²) in [6.07, 6.45) is 0. The molecule has 0 spiro atoms. The minimum absolute atomic E-state index is 0.290. The Morgan fingerprint density at radius 1 is 1.13 bits per heavy atom. The molecular weight excluding hydrogens is 416 g/mol. The number of carbonyl (C=O) groups is 2. The van der Waals surface area contributed by atoms with Crippen LogP contribution in [0.4, 0.5) is 5.69 Å². The quantitative estimate of drug-likeness (QED) is 0.647. The van der Waals surface area contributed by atoms with Crippen molar-refractivity contribution >= 4 is 40.2 Å². The zero-order valence-corrected chi connectivity index (χ0v) is 18.0. The lowest BCUT2D eigenvalue weighted by Gasteiger charge is -2.23. The third-order valence-corrected chi connectivity index (χ3v) is 6.47. The van der Waals surface area contributed by atoms with Gasteiger partial charge in [-0.3, -0.25) is 19.0 Å². The van der Waals surface area contributed by atoms with Crippen LogP contribution in [-0.2, 0) is 16.1 Å². The molecule has 1 aromatic heterocycles. The molecule has 2 heterocycles. The van der Waals surface area contributed by atoms with Crippen LogP contribution in [0.1, 0.15) is 11.1 Å². The number of anilines is 1. The van der Waals surface area contributed by atoms with Crippen LogP contribution in [0.3, 0.4) is 0 Å². The summed E-state index contributed by atoms with van der Waals surface area (Å²) >= 11 is 1.46. The second-order valence-corrected chi connectivity index (χ2v) is 8.53. The molecule has 0 radical (unpaired) electrons. The van der Waals surface area contributed by atoms with E-state index in [9.17, 15) is 19.2 Å². The van der Waals surface area contributed by atoms with Gasteiger partial charge in [-0.2, -0.15) is 0 Å². The fourth-order valence-electron chi connectivity index (χ4n) is 3.52. The number of rotatable bonds is 4. The van der Waals surface area contributed by atoms with E-state index >= 15 is 0 Å². The Balaban J connectivity index is 1.54. The van der Waals surface area contributed by atoms with E-state index in [4.69, 9.17) is 0 Å². The van der Waals surface area contributed by atoms with Gasteiger partial charge in [0.25, 0.3) is 5.56 Å². The summed E-state index contributed by atoms with van der Waals surface area (Å²) in [5.41, 5.74) is 2.08. The summed E-state index contributed by atoms with van der Waals surface area (Å²) < 4.78 is 0.881. The highest BCUT2D eigenvalue weighted by Crippen LogP contribution is 2.23. The number of amides is 2. The molecule has 0 aliphatic carbocycles. The van der Waals surface area contributed by atoms with E-state index in [0.29, 0.717) is 28.2 Å². The average Bonchev–Trinajstić information content (AvgIpc) is 3.24. The maximum Gasteiger partial charge on any atom is 0.329 e. The number of nitrogens with zero attached hydrogens (tertiary/aromatic N) is 2. The molecule has 9 heteroatoms. The Kier molecular flexibility index (Phi) is 5.69. The number of carbonyl (C=O) groups excluding carboxylic acids is 2. The molecule has 1 aliphatic heterocycles. The summed E-state index contributed by atoms with van der Waals surface area (Å²) in [4.78, 5) is 54.9. The number of hydrogen-bond acceptors (Lipinski definition) is 5. The normalized spacial score (nSPS) is 15.9. The number of aromatic amines is 1. The third-order valence-electron chi connectivity index (χ3n) is 5.46. The maximum absolute atomic E-state index is 12.9. The second-order valence-electron chi connectivity index (χ2n) is 7.53. The molecule has 2 aromatic carbocycles. The van der Waals surface area contributed by atoms with Gasteiger partial charge in [0.15, 0.2) is 0 Å². The van der Waals surface area contributed by atoms with E-state index in [-0.39, 0.29) is 5.91 Å². The minimum Gasteiger partial charge on any atom is -0.324 e. The molecule has 1 fully saturated rings. The fraction of sp³-hybridized carbons (Fsp3) is 0.273. The molecule has 1 atom stereocenters. The smallest absolute Gasteiger partial charge is 0.324 e. The fourth-order valence-corrected chi connectivity index (χ4v) is 4.70. The van der Waals surface area contributed by atoms with Crippen LogP contribution < -0.4 is 16.6 Å². The van der Waals surface area contributed by atoms with Crippen molar-refractivity contribution < 1.29 is 9.59 Å². The van der Waals surface area contributed by atoms with Gasteiger partial charge in [-0.25, -0.2) is 4.79 Å². The SMILES string of the molecule is Cc1ccc(NC(=O)C2CSCN2C(=O)Cn2c(=O)[nH]c3ccccc3c2=O)cc1C. The molecule has 31 heavy (non-hydrogen) atoms. The van der Waals surface area contributed by atoms with Crippen molar-refractivity contribution in [2.24, 2.45) is 0 Å². The Morgan fingerprint density at radius 3 is 2.68 bits per heavy atom. The van der Waals surface area contributed by atoms with Crippen molar-refractivity contribution in [3.05, 3.63) is 74.4 Å². The molecule has 2 amide bonds. The van der Waals surface area contributed by atoms with E-state index in [2.05, 4.69) is 10.3 Å². The Bertz CT molecular complexity index is 1300. The minimum atomic E-state index is -0.672. The van der Waals surface area contributed by atoms with E-state index in [1.165, 1.54) is 16.7 Å². The Labute approximate surface area is 182 Å². The van der Waals surface area contributed by atoms with Gasteiger partial charge >= 0.3 is 5.69 Å². The van der Waals surface area contributed by atoms with Crippen molar-refractivity contribution in [2.45, 2.75) is 26.4 Å². The molecule has 4 rings (SSSR count). The van der Waals surface area contributed by atoms with Gasteiger partial charge in [0, 0.05) is 11.4 Å². The van der Waals surface area contributed by atoms with E-state index < -0.39 is 29.7 Å².